The molecular formula is C24H24ClN3O2. The molecule has 1 aliphatic carbocycles. The number of benzene rings is 2. The van der Waals surface area contributed by atoms with E-state index in [2.05, 4.69) is 23.6 Å². The van der Waals surface area contributed by atoms with Gasteiger partial charge in [0.1, 0.15) is 0 Å². The summed E-state index contributed by atoms with van der Waals surface area (Å²) >= 11 is 6.78. The summed E-state index contributed by atoms with van der Waals surface area (Å²) in [6.45, 7) is 6.02. The van der Waals surface area contributed by atoms with E-state index in [1.807, 2.05) is 17.0 Å². The van der Waals surface area contributed by atoms with Crippen molar-refractivity contribution in [2.45, 2.75) is 25.3 Å². The Bertz CT molecular complexity index is 1080. The molecule has 2 aromatic carbocycles. The Morgan fingerprint density at radius 1 is 1.23 bits per heavy atom. The highest BCUT2D eigenvalue weighted by atomic mass is 35.5. The zero-order valence-electron chi connectivity index (χ0n) is 16.7. The number of halogens is 1. The second-order valence-corrected chi connectivity index (χ2v) is 8.82. The van der Waals surface area contributed by atoms with Crippen LogP contribution in [0, 0.1) is 5.92 Å². The molecule has 2 saturated heterocycles. The number of hydrogen-bond acceptors (Lipinski definition) is 3. The maximum absolute atomic E-state index is 12.4. The number of likely N-dealkylation sites (tertiary alicyclic amines) is 1. The molecule has 154 valence electrons. The van der Waals surface area contributed by atoms with E-state index in [1.54, 1.807) is 6.07 Å². The molecule has 6 heteroatoms. The normalized spacial score (nSPS) is 21.8. The van der Waals surface area contributed by atoms with Gasteiger partial charge in [0, 0.05) is 30.8 Å². The molecular weight excluding hydrogens is 398 g/mol. The van der Waals surface area contributed by atoms with Crippen molar-refractivity contribution in [3.05, 3.63) is 64.7 Å². The van der Waals surface area contributed by atoms with Crippen LogP contribution in [-0.4, -0.2) is 42.4 Å². The smallest absolute Gasteiger partial charge is 0.249 e. The van der Waals surface area contributed by atoms with Crippen molar-refractivity contribution in [1.29, 1.82) is 0 Å². The van der Waals surface area contributed by atoms with Crippen LogP contribution in [0.1, 0.15) is 34.3 Å². The second kappa shape index (κ2) is 7.17. The highest BCUT2D eigenvalue weighted by molar-refractivity contribution is 6.35. The fraction of sp³-hybridized carbons (Fsp3) is 0.333. The van der Waals surface area contributed by atoms with E-state index in [9.17, 15) is 9.59 Å². The molecule has 0 saturated carbocycles. The molecule has 2 fully saturated rings. The van der Waals surface area contributed by atoms with E-state index in [0.717, 1.165) is 54.9 Å². The van der Waals surface area contributed by atoms with Crippen molar-refractivity contribution in [2.24, 2.45) is 11.7 Å². The van der Waals surface area contributed by atoms with Crippen molar-refractivity contribution in [2.75, 3.05) is 24.5 Å². The zero-order valence-corrected chi connectivity index (χ0v) is 17.5. The lowest BCUT2D eigenvalue weighted by Crippen LogP contribution is -2.47. The third kappa shape index (κ3) is 2.83. The van der Waals surface area contributed by atoms with E-state index >= 15 is 0 Å². The highest BCUT2D eigenvalue weighted by Gasteiger charge is 2.42. The first-order valence-electron chi connectivity index (χ1n) is 10.4. The number of piperidine rings is 1. The first kappa shape index (κ1) is 19.2. The fourth-order valence-electron chi connectivity index (χ4n) is 5.54. The minimum absolute atomic E-state index is 0.00250. The van der Waals surface area contributed by atoms with E-state index in [1.165, 1.54) is 11.6 Å². The van der Waals surface area contributed by atoms with Gasteiger partial charge in [-0.1, -0.05) is 42.4 Å². The number of fused-ring (bicyclic) bond motifs is 4. The van der Waals surface area contributed by atoms with Gasteiger partial charge in [0.2, 0.25) is 11.8 Å². The van der Waals surface area contributed by atoms with Crippen LogP contribution in [0.15, 0.2) is 43.0 Å². The van der Waals surface area contributed by atoms with Crippen LogP contribution in [0.4, 0.5) is 5.69 Å². The molecule has 0 bridgehead atoms. The summed E-state index contributed by atoms with van der Waals surface area (Å²) in [6, 6.07) is 10.1. The molecule has 2 N–H and O–H groups in total. The molecule has 2 amide bonds. The van der Waals surface area contributed by atoms with Crippen molar-refractivity contribution in [1.82, 2.24) is 4.90 Å². The average Bonchev–Trinajstić information content (AvgIpc) is 3.34. The Kier molecular flexibility index (Phi) is 4.58. The molecule has 0 aromatic heterocycles. The van der Waals surface area contributed by atoms with Crippen molar-refractivity contribution in [3.8, 4) is 11.1 Å². The SMILES string of the molecule is C=CC(=O)N1CCCC2CN(c3c(Cl)cc(C(N)=O)c4c3-c3ccccc3C4)CC21. The van der Waals surface area contributed by atoms with E-state index in [4.69, 9.17) is 17.3 Å². The van der Waals surface area contributed by atoms with Crippen LogP contribution in [-0.2, 0) is 11.2 Å². The number of carbonyl (C=O) groups is 2. The largest absolute Gasteiger partial charge is 0.367 e. The number of anilines is 1. The first-order valence-corrected chi connectivity index (χ1v) is 10.8. The summed E-state index contributed by atoms with van der Waals surface area (Å²) in [5, 5.41) is 0.541. The van der Waals surface area contributed by atoms with Gasteiger partial charge in [0.05, 0.1) is 16.8 Å². The molecule has 0 spiro atoms. The molecule has 30 heavy (non-hydrogen) atoms. The van der Waals surface area contributed by atoms with E-state index < -0.39 is 5.91 Å². The quantitative estimate of drug-likeness (QED) is 0.657. The second-order valence-electron chi connectivity index (χ2n) is 8.42. The van der Waals surface area contributed by atoms with Gasteiger partial charge in [-0.2, -0.15) is 0 Å². The van der Waals surface area contributed by atoms with Gasteiger partial charge in [-0.3, -0.25) is 9.59 Å². The number of hydrogen-bond donors (Lipinski definition) is 1. The topological polar surface area (TPSA) is 66.6 Å². The van der Waals surface area contributed by atoms with Crippen molar-refractivity contribution >= 4 is 29.1 Å². The van der Waals surface area contributed by atoms with Crippen LogP contribution in [0.3, 0.4) is 0 Å². The summed E-state index contributed by atoms with van der Waals surface area (Å²) in [7, 11) is 0. The average molecular weight is 422 g/mol. The summed E-state index contributed by atoms with van der Waals surface area (Å²) < 4.78 is 0. The maximum Gasteiger partial charge on any atom is 0.249 e. The third-order valence-electron chi connectivity index (χ3n) is 6.84. The van der Waals surface area contributed by atoms with Crippen LogP contribution in [0.25, 0.3) is 11.1 Å². The lowest BCUT2D eigenvalue weighted by atomic mass is 9.92. The van der Waals surface area contributed by atoms with Crippen LogP contribution in [0.2, 0.25) is 5.02 Å². The lowest BCUT2D eigenvalue weighted by molar-refractivity contribution is -0.130. The Balaban J connectivity index is 1.61. The van der Waals surface area contributed by atoms with E-state index in [-0.39, 0.29) is 11.9 Å². The molecule has 2 heterocycles. The van der Waals surface area contributed by atoms with Gasteiger partial charge in [-0.05, 0) is 54.0 Å². The summed E-state index contributed by atoms with van der Waals surface area (Å²) in [4.78, 5) is 28.8. The van der Waals surface area contributed by atoms with Gasteiger partial charge in [-0.15, -0.1) is 0 Å². The Morgan fingerprint density at radius 3 is 2.80 bits per heavy atom. The molecule has 3 aliphatic rings. The lowest BCUT2D eigenvalue weighted by Gasteiger charge is -2.36. The van der Waals surface area contributed by atoms with Crippen LogP contribution in [0.5, 0.6) is 0 Å². The van der Waals surface area contributed by atoms with Gasteiger partial charge in [0.15, 0.2) is 0 Å². The number of amides is 2. The van der Waals surface area contributed by atoms with Crippen molar-refractivity contribution in [3.63, 3.8) is 0 Å². The first-order chi connectivity index (χ1) is 14.5. The zero-order chi connectivity index (χ0) is 21.0. The van der Waals surface area contributed by atoms with Gasteiger partial charge in [-0.25, -0.2) is 0 Å². The molecule has 0 radical (unpaired) electrons. The minimum atomic E-state index is -0.453. The predicted octanol–water partition coefficient (Wildman–Crippen LogP) is 3.62. The van der Waals surface area contributed by atoms with E-state index in [0.29, 0.717) is 22.9 Å². The Hall–Kier alpha value is -2.79. The predicted molar refractivity (Wildman–Crippen MR) is 119 cm³/mol. The molecule has 5 nitrogen and oxygen atoms in total. The summed E-state index contributed by atoms with van der Waals surface area (Å²) in [6.07, 6.45) is 4.19. The van der Waals surface area contributed by atoms with Gasteiger partial charge in [0.25, 0.3) is 0 Å². The Morgan fingerprint density at radius 2 is 2.03 bits per heavy atom. The third-order valence-corrected chi connectivity index (χ3v) is 7.12. The summed E-state index contributed by atoms with van der Waals surface area (Å²) in [5.41, 5.74) is 11.4. The monoisotopic (exact) mass is 421 g/mol. The molecule has 2 aliphatic heterocycles. The molecule has 5 rings (SSSR count). The Labute approximate surface area is 181 Å². The van der Waals surface area contributed by atoms with Crippen molar-refractivity contribution < 1.29 is 9.59 Å². The number of carbonyl (C=O) groups excluding carboxylic acids is 2. The number of primary amides is 1. The minimum Gasteiger partial charge on any atom is -0.367 e. The highest BCUT2D eigenvalue weighted by Crippen LogP contribution is 2.49. The van der Waals surface area contributed by atoms with Crippen LogP contribution < -0.4 is 10.6 Å². The number of rotatable bonds is 3. The standard InChI is InChI=1S/C24H24ClN3O2/c1-2-21(29)28-9-5-7-15-12-27(13-20(15)28)23-19(25)11-18(24(26)30)17-10-14-6-3-4-8-16(14)22(17)23/h2-4,6,8,11,15,20H,1,5,7,9-10,12-13H2,(H2,26,30). The van der Waals surface area contributed by atoms with Gasteiger partial charge >= 0.3 is 0 Å². The molecule has 2 atom stereocenters. The van der Waals surface area contributed by atoms with Gasteiger partial charge < -0.3 is 15.5 Å². The maximum atomic E-state index is 12.4. The number of nitrogens with two attached hydrogens (primary N) is 1. The van der Waals surface area contributed by atoms with Crippen LogP contribution >= 0.6 is 11.6 Å². The summed E-state index contributed by atoms with van der Waals surface area (Å²) in [5.74, 6) is -0.0514. The number of nitrogens with zero attached hydrogens (tertiary/aromatic N) is 2. The molecule has 2 unspecified atom stereocenters. The molecule has 2 aromatic rings. The fourth-order valence-corrected chi connectivity index (χ4v) is 5.87.